The third kappa shape index (κ3) is 3.07. The summed E-state index contributed by atoms with van der Waals surface area (Å²) in [6.07, 6.45) is 3.13. The first kappa shape index (κ1) is 15.6. The van der Waals surface area contributed by atoms with Crippen molar-refractivity contribution in [3.63, 3.8) is 0 Å². The van der Waals surface area contributed by atoms with E-state index in [0.717, 1.165) is 24.0 Å². The van der Waals surface area contributed by atoms with Crippen molar-refractivity contribution in [3.8, 4) is 11.4 Å². The van der Waals surface area contributed by atoms with Crippen molar-refractivity contribution in [2.45, 2.75) is 25.7 Å². The Morgan fingerprint density at radius 2 is 1.96 bits per heavy atom. The smallest absolute Gasteiger partial charge is 0.289 e. The van der Waals surface area contributed by atoms with Gasteiger partial charge < -0.3 is 13.8 Å². The molecule has 1 fully saturated rings. The van der Waals surface area contributed by atoms with Gasteiger partial charge in [-0.3, -0.25) is 4.79 Å². The van der Waals surface area contributed by atoms with Gasteiger partial charge in [0.1, 0.15) is 0 Å². The molecule has 0 aliphatic carbocycles. The molecule has 128 valence electrons. The lowest BCUT2D eigenvalue weighted by atomic mass is 9.96. The largest absolute Gasteiger partial charge is 0.459 e. The van der Waals surface area contributed by atoms with Crippen LogP contribution in [-0.2, 0) is 0 Å². The van der Waals surface area contributed by atoms with Crippen LogP contribution in [0.1, 0.15) is 40.8 Å². The van der Waals surface area contributed by atoms with Crippen molar-refractivity contribution < 1.29 is 13.7 Å². The molecule has 4 rings (SSSR count). The van der Waals surface area contributed by atoms with E-state index in [9.17, 15) is 4.79 Å². The lowest BCUT2D eigenvalue weighted by Crippen LogP contribution is -2.37. The summed E-state index contributed by atoms with van der Waals surface area (Å²) < 4.78 is 10.7. The molecular weight excluding hydrogens is 318 g/mol. The molecule has 6 heteroatoms. The summed E-state index contributed by atoms with van der Waals surface area (Å²) in [6, 6.07) is 11.4. The quantitative estimate of drug-likeness (QED) is 0.729. The highest BCUT2D eigenvalue weighted by atomic mass is 16.5. The minimum Gasteiger partial charge on any atom is -0.459 e. The van der Waals surface area contributed by atoms with Crippen molar-refractivity contribution >= 4 is 5.91 Å². The summed E-state index contributed by atoms with van der Waals surface area (Å²) >= 11 is 0. The van der Waals surface area contributed by atoms with E-state index in [4.69, 9.17) is 8.94 Å². The van der Waals surface area contributed by atoms with E-state index in [0.29, 0.717) is 30.6 Å². The molecular formula is C19H19N3O3. The number of aryl methyl sites for hydroxylation is 1. The summed E-state index contributed by atoms with van der Waals surface area (Å²) in [4.78, 5) is 18.7. The van der Waals surface area contributed by atoms with Crippen LogP contribution in [-0.4, -0.2) is 34.0 Å². The summed E-state index contributed by atoms with van der Waals surface area (Å²) in [5.41, 5.74) is 2.11. The van der Waals surface area contributed by atoms with Crippen LogP contribution in [0.4, 0.5) is 0 Å². The summed E-state index contributed by atoms with van der Waals surface area (Å²) in [5, 5.41) is 4.14. The zero-order valence-electron chi connectivity index (χ0n) is 14.0. The Labute approximate surface area is 145 Å². The van der Waals surface area contributed by atoms with Crippen molar-refractivity contribution in [3.05, 3.63) is 59.9 Å². The number of aromatic nitrogens is 2. The van der Waals surface area contributed by atoms with Crippen LogP contribution in [0.3, 0.4) is 0 Å². The number of carbonyl (C=O) groups is 1. The molecule has 0 saturated carbocycles. The third-order valence-electron chi connectivity index (χ3n) is 4.69. The monoisotopic (exact) mass is 337 g/mol. The Hall–Kier alpha value is -2.89. The first-order valence-electron chi connectivity index (χ1n) is 8.45. The molecule has 1 aliphatic rings. The van der Waals surface area contributed by atoms with Crippen LogP contribution >= 0.6 is 0 Å². The zero-order chi connectivity index (χ0) is 17.2. The number of nitrogens with zero attached hydrogens (tertiary/aromatic N) is 3. The lowest BCUT2D eigenvalue weighted by molar-refractivity contribution is 0.0672. The van der Waals surface area contributed by atoms with Crippen LogP contribution in [0.25, 0.3) is 11.4 Å². The topological polar surface area (TPSA) is 72.4 Å². The highest BCUT2D eigenvalue weighted by molar-refractivity contribution is 5.91. The number of benzene rings is 1. The maximum absolute atomic E-state index is 12.3. The Bertz CT molecular complexity index is 862. The summed E-state index contributed by atoms with van der Waals surface area (Å²) in [7, 11) is 0. The van der Waals surface area contributed by atoms with Gasteiger partial charge in [-0.2, -0.15) is 4.98 Å². The minimum absolute atomic E-state index is 0.0606. The average Bonchev–Trinajstić information content (AvgIpc) is 3.34. The highest BCUT2D eigenvalue weighted by Crippen LogP contribution is 2.29. The Kier molecular flexibility index (Phi) is 4.09. The van der Waals surface area contributed by atoms with Crippen LogP contribution in [0, 0.1) is 6.92 Å². The normalized spacial score (nSPS) is 15.5. The number of carbonyl (C=O) groups excluding carboxylic acids is 1. The molecule has 0 radical (unpaired) electrons. The molecule has 1 aromatic carbocycles. The Balaban J connectivity index is 1.43. The number of amides is 1. The van der Waals surface area contributed by atoms with Crippen LogP contribution < -0.4 is 0 Å². The molecule has 1 aliphatic heterocycles. The second-order valence-electron chi connectivity index (χ2n) is 6.31. The van der Waals surface area contributed by atoms with Gasteiger partial charge >= 0.3 is 0 Å². The van der Waals surface area contributed by atoms with E-state index in [1.807, 2.05) is 36.1 Å². The Morgan fingerprint density at radius 1 is 1.16 bits per heavy atom. The van der Waals surface area contributed by atoms with Gasteiger partial charge in [0.2, 0.25) is 11.7 Å². The number of piperidine rings is 1. The number of likely N-dealkylation sites (tertiary alicyclic amines) is 1. The van der Waals surface area contributed by atoms with Crippen LogP contribution in [0.5, 0.6) is 0 Å². The van der Waals surface area contributed by atoms with E-state index >= 15 is 0 Å². The maximum Gasteiger partial charge on any atom is 0.289 e. The van der Waals surface area contributed by atoms with E-state index in [1.54, 1.807) is 12.1 Å². The van der Waals surface area contributed by atoms with Gasteiger partial charge in [-0.1, -0.05) is 29.4 Å². The predicted molar refractivity (Wildman–Crippen MR) is 91.1 cm³/mol. The van der Waals surface area contributed by atoms with Crippen molar-refractivity contribution in [2.75, 3.05) is 13.1 Å². The molecule has 0 unspecified atom stereocenters. The van der Waals surface area contributed by atoms with E-state index in [-0.39, 0.29) is 11.8 Å². The van der Waals surface area contributed by atoms with Gasteiger partial charge in [0.05, 0.1) is 6.26 Å². The van der Waals surface area contributed by atoms with Gasteiger partial charge in [0.25, 0.3) is 5.91 Å². The molecule has 6 nitrogen and oxygen atoms in total. The first-order chi connectivity index (χ1) is 12.2. The second kappa shape index (κ2) is 6.55. The van der Waals surface area contributed by atoms with Crippen LogP contribution in [0.15, 0.2) is 51.6 Å². The van der Waals surface area contributed by atoms with Crippen molar-refractivity contribution in [1.82, 2.24) is 15.0 Å². The van der Waals surface area contributed by atoms with Gasteiger partial charge in [-0.05, 0) is 37.5 Å². The predicted octanol–water partition coefficient (Wildman–Crippen LogP) is 3.66. The van der Waals surface area contributed by atoms with E-state index in [2.05, 4.69) is 10.1 Å². The maximum atomic E-state index is 12.3. The number of furan rings is 1. The van der Waals surface area contributed by atoms with E-state index < -0.39 is 0 Å². The average molecular weight is 337 g/mol. The fourth-order valence-electron chi connectivity index (χ4n) is 3.22. The SMILES string of the molecule is Cc1ccccc1-c1noc(C2CCN(C(=O)c3ccco3)CC2)n1. The second-order valence-corrected chi connectivity index (χ2v) is 6.31. The number of hydrogen-bond acceptors (Lipinski definition) is 5. The zero-order valence-corrected chi connectivity index (χ0v) is 14.0. The molecule has 0 bridgehead atoms. The molecule has 1 saturated heterocycles. The van der Waals surface area contributed by atoms with Gasteiger partial charge in [0.15, 0.2) is 5.76 Å². The summed E-state index contributed by atoms with van der Waals surface area (Å²) in [5.74, 6) is 1.80. The molecule has 2 aromatic heterocycles. The lowest BCUT2D eigenvalue weighted by Gasteiger charge is -2.29. The van der Waals surface area contributed by atoms with E-state index in [1.165, 1.54) is 6.26 Å². The molecule has 0 atom stereocenters. The fraction of sp³-hybridized carbons (Fsp3) is 0.316. The molecule has 3 aromatic rings. The summed E-state index contributed by atoms with van der Waals surface area (Å²) in [6.45, 7) is 3.35. The number of rotatable bonds is 3. The Morgan fingerprint density at radius 3 is 2.68 bits per heavy atom. The van der Waals surface area contributed by atoms with Crippen molar-refractivity contribution in [1.29, 1.82) is 0 Å². The molecule has 1 amide bonds. The molecule has 0 spiro atoms. The fourth-order valence-corrected chi connectivity index (χ4v) is 3.22. The van der Waals surface area contributed by atoms with Crippen molar-refractivity contribution in [2.24, 2.45) is 0 Å². The van der Waals surface area contributed by atoms with Gasteiger partial charge in [-0.15, -0.1) is 0 Å². The highest BCUT2D eigenvalue weighted by Gasteiger charge is 2.29. The van der Waals surface area contributed by atoms with Crippen LogP contribution in [0.2, 0.25) is 0 Å². The standard InChI is InChI=1S/C19H19N3O3/c1-13-5-2-3-6-15(13)17-20-18(25-21-17)14-8-10-22(11-9-14)19(23)16-7-4-12-24-16/h2-7,12,14H,8-11H2,1H3. The van der Waals surface area contributed by atoms with Gasteiger partial charge in [0, 0.05) is 24.6 Å². The molecule has 0 N–H and O–H groups in total. The minimum atomic E-state index is -0.0606. The molecule has 25 heavy (non-hydrogen) atoms. The third-order valence-corrected chi connectivity index (χ3v) is 4.69. The number of hydrogen-bond donors (Lipinski definition) is 0. The first-order valence-corrected chi connectivity index (χ1v) is 8.45. The van der Waals surface area contributed by atoms with Gasteiger partial charge in [-0.25, -0.2) is 0 Å². The molecule has 3 heterocycles.